The second-order valence-electron chi connectivity index (χ2n) is 3.21. The maximum atomic E-state index is 5.03. The molecular formula is C10H11BrN4O. The van der Waals surface area contributed by atoms with Crippen molar-refractivity contribution in [3.05, 3.63) is 22.8 Å². The molecule has 0 bridgehead atoms. The minimum absolute atomic E-state index is 0.432. The summed E-state index contributed by atoms with van der Waals surface area (Å²) in [5.41, 5.74) is 0.691. The van der Waals surface area contributed by atoms with Crippen molar-refractivity contribution >= 4 is 21.9 Å². The van der Waals surface area contributed by atoms with Crippen molar-refractivity contribution in [3.8, 4) is 11.5 Å². The number of hydrogen-bond acceptors (Lipinski definition) is 5. The molecule has 6 heteroatoms. The minimum Gasteiger partial charge on any atom is -0.338 e. The number of rotatable bonds is 4. The van der Waals surface area contributed by atoms with Crippen LogP contribution in [0.15, 0.2) is 27.3 Å². The van der Waals surface area contributed by atoms with Gasteiger partial charge in [0.1, 0.15) is 5.69 Å². The van der Waals surface area contributed by atoms with Crippen molar-refractivity contribution in [2.45, 2.75) is 13.3 Å². The number of anilines is 1. The van der Waals surface area contributed by atoms with Crippen LogP contribution in [0.1, 0.15) is 13.3 Å². The molecule has 0 radical (unpaired) electrons. The van der Waals surface area contributed by atoms with Crippen LogP contribution in [0, 0.1) is 0 Å². The van der Waals surface area contributed by atoms with Crippen molar-refractivity contribution in [1.82, 2.24) is 15.1 Å². The molecule has 0 atom stereocenters. The monoisotopic (exact) mass is 282 g/mol. The van der Waals surface area contributed by atoms with Crippen LogP contribution in [0.4, 0.5) is 6.01 Å². The second kappa shape index (κ2) is 5.07. The minimum atomic E-state index is 0.432. The Kier molecular flexibility index (Phi) is 3.51. The van der Waals surface area contributed by atoms with Gasteiger partial charge in [-0.1, -0.05) is 12.1 Å². The quantitative estimate of drug-likeness (QED) is 0.934. The first-order valence-corrected chi connectivity index (χ1v) is 5.78. The Bertz CT molecular complexity index is 454. The number of halogens is 1. The Labute approximate surface area is 101 Å². The van der Waals surface area contributed by atoms with Crippen molar-refractivity contribution in [2.75, 3.05) is 11.9 Å². The van der Waals surface area contributed by atoms with Crippen LogP contribution in [0.25, 0.3) is 11.5 Å². The lowest BCUT2D eigenvalue weighted by atomic mass is 10.3. The van der Waals surface area contributed by atoms with Gasteiger partial charge in [0.2, 0.25) is 5.82 Å². The van der Waals surface area contributed by atoms with Crippen LogP contribution in [0.2, 0.25) is 0 Å². The van der Waals surface area contributed by atoms with Crippen LogP contribution in [-0.2, 0) is 0 Å². The van der Waals surface area contributed by atoms with Gasteiger partial charge in [0, 0.05) is 17.2 Å². The van der Waals surface area contributed by atoms with E-state index < -0.39 is 0 Å². The number of nitrogens with one attached hydrogen (secondary N) is 1. The average molecular weight is 283 g/mol. The first-order chi connectivity index (χ1) is 7.79. The van der Waals surface area contributed by atoms with Gasteiger partial charge in [0.05, 0.1) is 0 Å². The predicted octanol–water partition coefficient (Wildman–Crippen LogP) is 2.72. The summed E-state index contributed by atoms with van der Waals surface area (Å²) in [6, 6.07) is 4.15. The zero-order valence-corrected chi connectivity index (χ0v) is 10.4. The van der Waals surface area contributed by atoms with E-state index in [0.29, 0.717) is 17.5 Å². The molecule has 0 aliphatic carbocycles. The van der Waals surface area contributed by atoms with E-state index in [0.717, 1.165) is 17.4 Å². The first kappa shape index (κ1) is 11.1. The molecular weight excluding hydrogens is 272 g/mol. The summed E-state index contributed by atoms with van der Waals surface area (Å²) in [7, 11) is 0. The standard InChI is InChI=1S/C10H11BrN4O/c1-2-5-12-10-14-9(15-16-10)8-4-3-7(11)6-13-8/h3-4,6H,2,5H2,1H3,(H,12,14,15). The molecule has 16 heavy (non-hydrogen) atoms. The Balaban J connectivity index is 2.15. The van der Waals surface area contributed by atoms with E-state index in [9.17, 15) is 0 Å². The first-order valence-electron chi connectivity index (χ1n) is 4.99. The maximum absolute atomic E-state index is 5.03. The zero-order valence-electron chi connectivity index (χ0n) is 8.77. The van der Waals surface area contributed by atoms with Gasteiger partial charge in [-0.15, -0.1) is 0 Å². The van der Waals surface area contributed by atoms with Crippen LogP contribution >= 0.6 is 15.9 Å². The van der Waals surface area contributed by atoms with E-state index in [1.54, 1.807) is 6.20 Å². The van der Waals surface area contributed by atoms with Crippen molar-refractivity contribution in [1.29, 1.82) is 0 Å². The fourth-order valence-corrected chi connectivity index (χ4v) is 1.37. The molecule has 5 nitrogen and oxygen atoms in total. The molecule has 0 aromatic carbocycles. The molecule has 0 amide bonds. The van der Waals surface area contributed by atoms with Gasteiger partial charge in [-0.3, -0.25) is 4.98 Å². The van der Waals surface area contributed by atoms with E-state index in [2.05, 4.69) is 43.3 Å². The highest BCUT2D eigenvalue weighted by Gasteiger charge is 2.08. The smallest absolute Gasteiger partial charge is 0.321 e. The van der Waals surface area contributed by atoms with E-state index in [-0.39, 0.29) is 0 Å². The Hall–Kier alpha value is -1.43. The van der Waals surface area contributed by atoms with E-state index in [1.807, 2.05) is 12.1 Å². The summed E-state index contributed by atoms with van der Waals surface area (Å²) < 4.78 is 5.95. The highest BCUT2D eigenvalue weighted by Crippen LogP contribution is 2.17. The summed E-state index contributed by atoms with van der Waals surface area (Å²) in [4.78, 5) is 8.36. The van der Waals surface area contributed by atoms with Gasteiger partial charge in [-0.25, -0.2) is 0 Å². The molecule has 2 aromatic heterocycles. The topological polar surface area (TPSA) is 63.8 Å². The molecule has 0 saturated heterocycles. The Morgan fingerprint density at radius 1 is 1.44 bits per heavy atom. The molecule has 0 fully saturated rings. The predicted molar refractivity (Wildman–Crippen MR) is 64.0 cm³/mol. The largest absolute Gasteiger partial charge is 0.338 e. The van der Waals surface area contributed by atoms with Gasteiger partial charge in [0.25, 0.3) is 0 Å². The van der Waals surface area contributed by atoms with Gasteiger partial charge in [-0.2, -0.15) is 4.98 Å². The summed E-state index contributed by atoms with van der Waals surface area (Å²) in [6.07, 6.45) is 2.71. The van der Waals surface area contributed by atoms with Crippen molar-refractivity contribution in [2.24, 2.45) is 0 Å². The van der Waals surface area contributed by atoms with E-state index in [4.69, 9.17) is 4.52 Å². The van der Waals surface area contributed by atoms with Gasteiger partial charge < -0.3 is 9.84 Å². The van der Waals surface area contributed by atoms with Gasteiger partial charge in [0.15, 0.2) is 0 Å². The fourth-order valence-electron chi connectivity index (χ4n) is 1.14. The van der Waals surface area contributed by atoms with E-state index >= 15 is 0 Å². The number of aromatic nitrogens is 3. The van der Waals surface area contributed by atoms with Crippen molar-refractivity contribution < 1.29 is 4.52 Å². The molecule has 0 saturated carbocycles. The second-order valence-corrected chi connectivity index (χ2v) is 4.13. The number of hydrogen-bond donors (Lipinski definition) is 1. The molecule has 0 aliphatic rings. The summed E-state index contributed by atoms with van der Waals surface area (Å²) in [6.45, 7) is 2.88. The van der Waals surface area contributed by atoms with Crippen LogP contribution < -0.4 is 5.32 Å². The Morgan fingerprint density at radius 3 is 3.00 bits per heavy atom. The molecule has 2 rings (SSSR count). The maximum Gasteiger partial charge on any atom is 0.321 e. The normalized spacial score (nSPS) is 10.4. The van der Waals surface area contributed by atoms with Gasteiger partial charge in [-0.05, 0) is 34.5 Å². The van der Waals surface area contributed by atoms with Gasteiger partial charge >= 0.3 is 6.01 Å². The lowest BCUT2D eigenvalue weighted by molar-refractivity contribution is 0.432. The zero-order chi connectivity index (χ0) is 11.4. The Morgan fingerprint density at radius 2 is 2.31 bits per heavy atom. The summed E-state index contributed by atoms with van der Waals surface area (Å²) in [5.74, 6) is 0.492. The van der Waals surface area contributed by atoms with Crippen molar-refractivity contribution in [3.63, 3.8) is 0 Å². The molecule has 1 N–H and O–H groups in total. The molecule has 2 heterocycles. The SMILES string of the molecule is CCCNc1nc(-c2ccc(Br)cn2)no1. The lowest BCUT2D eigenvalue weighted by Crippen LogP contribution is -1.99. The summed E-state index contributed by atoms with van der Waals surface area (Å²) >= 11 is 3.32. The molecule has 84 valence electrons. The van der Waals surface area contributed by atoms with E-state index in [1.165, 1.54) is 0 Å². The summed E-state index contributed by atoms with van der Waals surface area (Å²) in [5, 5.41) is 6.86. The highest BCUT2D eigenvalue weighted by molar-refractivity contribution is 9.10. The highest BCUT2D eigenvalue weighted by atomic mass is 79.9. The fraction of sp³-hybridized carbons (Fsp3) is 0.300. The van der Waals surface area contributed by atoms with Crippen LogP contribution in [-0.4, -0.2) is 21.7 Å². The van der Waals surface area contributed by atoms with Crippen LogP contribution in [0.5, 0.6) is 0 Å². The number of nitrogens with zero attached hydrogens (tertiary/aromatic N) is 3. The molecule has 2 aromatic rings. The third-order valence-electron chi connectivity index (χ3n) is 1.91. The molecule has 0 aliphatic heterocycles. The molecule has 0 spiro atoms. The average Bonchev–Trinajstić information content (AvgIpc) is 2.76. The third kappa shape index (κ3) is 2.57. The number of pyridine rings is 1. The third-order valence-corrected chi connectivity index (χ3v) is 2.38. The molecule has 0 unspecified atom stereocenters. The van der Waals surface area contributed by atoms with Crippen LogP contribution in [0.3, 0.4) is 0 Å². The lowest BCUT2D eigenvalue weighted by Gasteiger charge is -1.94.